The second kappa shape index (κ2) is 8.61. The maximum Gasteiger partial charge on any atom is 0.259 e. The third-order valence-electron chi connectivity index (χ3n) is 5.07. The molecule has 0 bridgehead atoms. The first-order valence-electron chi connectivity index (χ1n) is 9.98. The van der Waals surface area contributed by atoms with Crippen molar-refractivity contribution in [3.8, 4) is 10.6 Å². The average molecular weight is 415 g/mol. The highest BCUT2D eigenvalue weighted by Gasteiger charge is 2.22. The van der Waals surface area contributed by atoms with Gasteiger partial charge in [0.15, 0.2) is 0 Å². The van der Waals surface area contributed by atoms with Crippen LogP contribution < -0.4 is 5.32 Å². The van der Waals surface area contributed by atoms with Crippen molar-refractivity contribution in [2.75, 3.05) is 26.2 Å². The van der Waals surface area contributed by atoms with Gasteiger partial charge in [-0.2, -0.15) is 0 Å². The molecule has 1 amide bonds. The highest BCUT2D eigenvalue weighted by Crippen LogP contribution is 2.29. The maximum atomic E-state index is 12.9. The Morgan fingerprint density at radius 1 is 1.34 bits per heavy atom. The topological polar surface area (TPSA) is 80.5 Å². The van der Waals surface area contributed by atoms with Crippen molar-refractivity contribution in [2.45, 2.75) is 39.4 Å². The first-order chi connectivity index (χ1) is 14.0. The van der Waals surface area contributed by atoms with Crippen LogP contribution in [-0.4, -0.2) is 59.3 Å². The van der Waals surface area contributed by atoms with Gasteiger partial charge in [-0.25, -0.2) is 4.98 Å². The number of hydrogen-bond acceptors (Lipinski definition) is 7. The lowest BCUT2D eigenvalue weighted by Gasteiger charge is -2.35. The van der Waals surface area contributed by atoms with E-state index < -0.39 is 0 Å². The standard InChI is InChI=1S/C21H26N4O3S/c1-13-11-25(12-14(2)27-13)8-5-7-22-20(26)16-10-17(18-6-4-9-29-18)23-21-19(16)15(3)24-28-21/h4,6,9-10,13-14H,5,7-8,11-12H2,1-3H3,(H,22,26). The van der Waals surface area contributed by atoms with E-state index in [1.165, 1.54) is 0 Å². The van der Waals surface area contributed by atoms with Crippen LogP contribution in [0, 0.1) is 6.92 Å². The Balaban J connectivity index is 1.43. The quantitative estimate of drug-likeness (QED) is 0.622. The smallest absolute Gasteiger partial charge is 0.259 e. The molecule has 0 aliphatic carbocycles. The Bertz CT molecular complexity index is 975. The van der Waals surface area contributed by atoms with Crippen molar-refractivity contribution < 1.29 is 14.1 Å². The zero-order valence-corrected chi connectivity index (χ0v) is 17.8. The molecule has 1 N–H and O–H groups in total. The van der Waals surface area contributed by atoms with Crippen LogP contribution in [0.4, 0.5) is 0 Å². The number of thiophene rings is 1. The third kappa shape index (κ3) is 4.49. The summed E-state index contributed by atoms with van der Waals surface area (Å²) in [5.74, 6) is -0.120. The van der Waals surface area contributed by atoms with E-state index in [1.54, 1.807) is 11.3 Å². The summed E-state index contributed by atoms with van der Waals surface area (Å²) in [6.07, 6.45) is 1.40. The second-order valence-electron chi connectivity index (χ2n) is 7.61. The second-order valence-corrected chi connectivity index (χ2v) is 8.55. The summed E-state index contributed by atoms with van der Waals surface area (Å²) < 4.78 is 11.1. The molecular weight excluding hydrogens is 388 g/mol. The van der Waals surface area contributed by atoms with E-state index in [2.05, 4.69) is 34.2 Å². The van der Waals surface area contributed by atoms with Crippen molar-refractivity contribution in [1.82, 2.24) is 20.4 Å². The van der Waals surface area contributed by atoms with Crippen LogP contribution in [0.5, 0.6) is 0 Å². The van der Waals surface area contributed by atoms with E-state index in [0.717, 1.165) is 36.6 Å². The average Bonchev–Trinajstić information content (AvgIpc) is 3.34. The van der Waals surface area contributed by atoms with Gasteiger partial charge in [0.05, 0.1) is 39.4 Å². The molecule has 3 aromatic heterocycles. The van der Waals surface area contributed by atoms with Gasteiger partial charge in [0.25, 0.3) is 11.6 Å². The van der Waals surface area contributed by atoms with E-state index in [1.807, 2.05) is 30.5 Å². The highest BCUT2D eigenvalue weighted by atomic mass is 32.1. The van der Waals surface area contributed by atoms with Gasteiger partial charge in [0.1, 0.15) is 0 Å². The summed E-state index contributed by atoms with van der Waals surface area (Å²) in [7, 11) is 0. The van der Waals surface area contributed by atoms with Gasteiger partial charge in [-0.05, 0) is 44.7 Å². The minimum Gasteiger partial charge on any atom is -0.373 e. The number of carbonyl (C=O) groups is 1. The molecule has 2 atom stereocenters. The fraction of sp³-hybridized carbons (Fsp3) is 0.476. The molecule has 1 aliphatic heterocycles. The summed E-state index contributed by atoms with van der Waals surface area (Å²) in [4.78, 5) is 20.9. The molecule has 29 heavy (non-hydrogen) atoms. The van der Waals surface area contributed by atoms with Gasteiger partial charge in [0.2, 0.25) is 0 Å². The summed E-state index contributed by atoms with van der Waals surface area (Å²) in [5.41, 5.74) is 2.36. The Morgan fingerprint density at radius 3 is 2.86 bits per heavy atom. The molecule has 7 nitrogen and oxygen atoms in total. The van der Waals surface area contributed by atoms with Gasteiger partial charge < -0.3 is 14.6 Å². The zero-order valence-electron chi connectivity index (χ0n) is 17.0. The van der Waals surface area contributed by atoms with Gasteiger partial charge in [-0.15, -0.1) is 11.3 Å². The summed E-state index contributed by atoms with van der Waals surface area (Å²) in [6.45, 7) is 9.46. The zero-order chi connectivity index (χ0) is 20.4. The number of aryl methyl sites for hydroxylation is 1. The minimum absolute atomic E-state index is 0.120. The molecule has 1 aliphatic rings. The normalized spacial score (nSPS) is 20.2. The lowest BCUT2D eigenvalue weighted by atomic mass is 10.1. The van der Waals surface area contributed by atoms with Gasteiger partial charge in [-0.3, -0.25) is 9.69 Å². The van der Waals surface area contributed by atoms with Crippen LogP contribution in [0.3, 0.4) is 0 Å². The SMILES string of the molecule is Cc1noc2nc(-c3cccs3)cc(C(=O)NCCCN3CC(C)OC(C)C3)c12. The van der Waals surface area contributed by atoms with Crippen LogP contribution in [-0.2, 0) is 4.74 Å². The molecule has 1 fully saturated rings. The van der Waals surface area contributed by atoms with Crippen LogP contribution in [0.15, 0.2) is 28.1 Å². The van der Waals surface area contributed by atoms with E-state index in [-0.39, 0.29) is 18.1 Å². The number of morpholine rings is 1. The molecule has 0 radical (unpaired) electrons. The summed E-state index contributed by atoms with van der Waals surface area (Å²) in [6, 6.07) is 5.78. The molecule has 4 heterocycles. The fourth-order valence-electron chi connectivity index (χ4n) is 3.89. The molecule has 0 saturated carbocycles. The molecular formula is C21H26N4O3S. The number of nitrogens with one attached hydrogen (secondary N) is 1. The van der Waals surface area contributed by atoms with Crippen LogP contribution in [0.25, 0.3) is 21.7 Å². The molecule has 0 spiro atoms. The molecule has 2 unspecified atom stereocenters. The van der Waals surface area contributed by atoms with Crippen molar-refractivity contribution in [1.29, 1.82) is 0 Å². The molecule has 154 valence electrons. The summed E-state index contributed by atoms with van der Waals surface area (Å²) >= 11 is 1.58. The Hall–Kier alpha value is -2.29. The Kier molecular flexibility index (Phi) is 5.94. The first-order valence-corrected chi connectivity index (χ1v) is 10.9. The van der Waals surface area contributed by atoms with E-state index in [9.17, 15) is 4.79 Å². The Labute approximate surface area is 174 Å². The number of rotatable bonds is 6. The van der Waals surface area contributed by atoms with Gasteiger partial charge in [0, 0.05) is 26.2 Å². The predicted molar refractivity (Wildman–Crippen MR) is 113 cm³/mol. The monoisotopic (exact) mass is 414 g/mol. The third-order valence-corrected chi connectivity index (χ3v) is 5.96. The van der Waals surface area contributed by atoms with Crippen molar-refractivity contribution in [3.63, 3.8) is 0 Å². The number of pyridine rings is 1. The number of amides is 1. The lowest BCUT2D eigenvalue weighted by Crippen LogP contribution is -2.46. The maximum absolute atomic E-state index is 12.9. The van der Waals surface area contributed by atoms with Crippen molar-refractivity contribution in [3.05, 3.63) is 34.8 Å². The molecule has 1 saturated heterocycles. The van der Waals surface area contributed by atoms with Crippen molar-refractivity contribution >= 4 is 28.3 Å². The molecule has 0 aromatic carbocycles. The number of aromatic nitrogens is 2. The van der Waals surface area contributed by atoms with E-state index >= 15 is 0 Å². The number of nitrogens with zero attached hydrogens (tertiary/aromatic N) is 3. The Morgan fingerprint density at radius 2 is 2.14 bits per heavy atom. The van der Waals surface area contributed by atoms with E-state index in [4.69, 9.17) is 9.26 Å². The lowest BCUT2D eigenvalue weighted by molar-refractivity contribution is -0.0679. The predicted octanol–water partition coefficient (Wildman–Crippen LogP) is 3.49. The minimum atomic E-state index is -0.120. The molecule has 4 rings (SSSR count). The van der Waals surface area contributed by atoms with Gasteiger partial charge in [-0.1, -0.05) is 11.2 Å². The van der Waals surface area contributed by atoms with Crippen molar-refractivity contribution in [2.24, 2.45) is 0 Å². The first kappa shape index (κ1) is 20.0. The van der Waals surface area contributed by atoms with Gasteiger partial charge >= 0.3 is 0 Å². The van der Waals surface area contributed by atoms with Crippen LogP contribution in [0.2, 0.25) is 0 Å². The number of carbonyl (C=O) groups excluding carboxylic acids is 1. The fourth-order valence-corrected chi connectivity index (χ4v) is 4.58. The number of ether oxygens (including phenoxy) is 1. The summed E-state index contributed by atoms with van der Waals surface area (Å²) in [5, 5.41) is 9.72. The largest absolute Gasteiger partial charge is 0.373 e. The number of fused-ring (bicyclic) bond motifs is 1. The molecule has 3 aromatic rings. The number of hydrogen-bond donors (Lipinski definition) is 1. The molecule has 8 heteroatoms. The van der Waals surface area contributed by atoms with Crippen LogP contribution >= 0.6 is 11.3 Å². The van der Waals surface area contributed by atoms with E-state index in [0.29, 0.717) is 28.9 Å². The highest BCUT2D eigenvalue weighted by molar-refractivity contribution is 7.13. The van der Waals surface area contributed by atoms with Crippen LogP contribution in [0.1, 0.15) is 36.3 Å².